The van der Waals surface area contributed by atoms with Crippen molar-refractivity contribution in [3.05, 3.63) is 50.7 Å². The van der Waals surface area contributed by atoms with Crippen LogP contribution in [0.2, 0.25) is 0 Å². The van der Waals surface area contributed by atoms with Gasteiger partial charge in [-0.1, -0.05) is 0 Å². The SMILES string of the molecule is O=c1ccc(-c2ccc(F)c(F)c2Br)n[nH]1. The molecule has 0 atom stereocenters. The Bertz CT molecular complexity index is 577. The zero-order valence-corrected chi connectivity index (χ0v) is 9.38. The second-order valence-electron chi connectivity index (χ2n) is 3.03. The molecule has 0 bridgehead atoms. The quantitative estimate of drug-likeness (QED) is 0.819. The molecule has 6 heteroatoms. The fraction of sp³-hybridized carbons (Fsp3) is 0. The molecule has 1 aromatic heterocycles. The zero-order valence-electron chi connectivity index (χ0n) is 7.80. The molecule has 16 heavy (non-hydrogen) atoms. The monoisotopic (exact) mass is 286 g/mol. The highest BCUT2D eigenvalue weighted by molar-refractivity contribution is 9.10. The van der Waals surface area contributed by atoms with E-state index in [0.717, 1.165) is 6.07 Å². The van der Waals surface area contributed by atoms with Crippen LogP contribution in [0.1, 0.15) is 0 Å². The first-order valence-electron chi connectivity index (χ1n) is 4.29. The van der Waals surface area contributed by atoms with Crippen molar-refractivity contribution >= 4 is 15.9 Å². The summed E-state index contributed by atoms with van der Waals surface area (Å²) in [6.07, 6.45) is 0. The number of H-pyrrole nitrogens is 1. The van der Waals surface area contributed by atoms with E-state index in [1.165, 1.54) is 18.2 Å². The van der Waals surface area contributed by atoms with E-state index in [2.05, 4.69) is 26.1 Å². The van der Waals surface area contributed by atoms with E-state index >= 15 is 0 Å². The summed E-state index contributed by atoms with van der Waals surface area (Å²) in [4.78, 5) is 10.8. The second-order valence-corrected chi connectivity index (χ2v) is 3.82. The summed E-state index contributed by atoms with van der Waals surface area (Å²) in [5, 5.41) is 5.94. The van der Waals surface area contributed by atoms with Gasteiger partial charge >= 0.3 is 0 Å². The van der Waals surface area contributed by atoms with E-state index in [-0.39, 0.29) is 10.0 Å². The van der Waals surface area contributed by atoms with Crippen molar-refractivity contribution in [2.75, 3.05) is 0 Å². The summed E-state index contributed by atoms with van der Waals surface area (Å²) >= 11 is 2.94. The van der Waals surface area contributed by atoms with Crippen LogP contribution in [0.25, 0.3) is 11.3 Å². The van der Waals surface area contributed by atoms with Gasteiger partial charge in [0.25, 0.3) is 5.56 Å². The van der Waals surface area contributed by atoms with Gasteiger partial charge in [0.05, 0.1) is 10.2 Å². The smallest absolute Gasteiger partial charge is 0.264 e. The Hall–Kier alpha value is -1.56. The van der Waals surface area contributed by atoms with Crippen molar-refractivity contribution in [2.45, 2.75) is 0 Å². The summed E-state index contributed by atoms with van der Waals surface area (Å²) in [6.45, 7) is 0. The number of halogens is 3. The van der Waals surface area contributed by atoms with Gasteiger partial charge in [-0.2, -0.15) is 5.10 Å². The molecule has 1 N–H and O–H groups in total. The molecular weight excluding hydrogens is 282 g/mol. The van der Waals surface area contributed by atoms with E-state index in [0.29, 0.717) is 11.3 Å². The summed E-state index contributed by atoms with van der Waals surface area (Å²) < 4.78 is 26.1. The second kappa shape index (κ2) is 4.13. The first kappa shape index (κ1) is 10.9. The highest BCUT2D eigenvalue weighted by Crippen LogP contribution is 2.29. The number of benzene rings is 1. The van der Waals surface area contributed by atoms with Crippen molar-refractivity contribution in [3.63, 3.8) is 0 Å². The lowest BCUT2D eigenvalue weighted by Crippen LogP contribution is -2.06. The van der Waals surface area contributed by atoms with Gasteiger partial charge in [0.2, 0.25) is 0 Å². The van der Waals surface area contributed by atoms with Crippen LogP contribution in [-0.4, -0.2) is 10.2 Å². The fourth-order valence-electron chi connectivity index (χ4n) is 1.22. The minimum atomic E-state index is -0.981. The Balaban J connectivity index is 2.61. The summed E-state index contributed by atoms with van der Waals surface area (Å²) in [6, 6.07) is 5.07. The zero-order chi connectivity index (χ0) is 11.7. The van der Waals surface area contributed by atoms with Gasteiger partial charge in [-0.25, -0.2) is 13.9 Å². The number of aromatic nitrogens is 2. The van der Waals surface area contributed by atoms with Crippen molar-refractivity contribution < 1.29 is 8.78 Å². The van der Waals surface area contributed by atoms with Crippen molar-refractivity contribution in [2.24, 2.45) is 0 Å². The van der Waals surface area contributed by atoms with Crippen LogP contribution in [-0.2, 0) is 0 Å². The topological polar surface area (TPSA) is 45.8 Å². The molecule has 0 unspecified atom stereocenters. The molecule has 2 rings (SSSR count). The van der Waals surface area contributed by atoms with Crippen LogP contribution >= 0.6 is 15.9 Å². The number of nitrogens with zero attached hydrogens (tertiary/aromatic N) is 1. The molecule has 2 aromatic rings. The summed E-state index contributed by atoms with van der Waals surface area (Å²) in [7, 11) is 0. The molecule has 0 saturated carbocycles. The maximum atomic E-state index is 13.2. The van der Waals surface area contributed by atoms with E-state index in [1.54, 1.807) is 0 Å². The number of rotatable bonds is 1. The minimum Gasteiger partial charge on any atom is -0.268 e. The van der Waals surface area contributed by atoms with E-state index in [9.17, 15) is 13.6 Å². The number of aromatic amines is 1. The largest absolute Gasteiger partial charge is 0.268 e. The Morgan fingerprint density at radius 1 is 1.19 bits per heavy atom. The van der Waals surface area contributed by atoms with Gasteiger partial charge < -0.3 is 0 Å². The standard InChI is InChI=1S/C10H5BrF2N2O/c11-9-5(1-2-6(12)10(9)13)7-3-4-8(16)15-14-7/h1-4H,(H,15,16). The van der Waals surface area contributed by atoms with Crippen molar-refractivity contribution in [3.8, 4) is 11.3 Å². The predicted octanol–water partition coefficient (Wildman–Crippen LogP) is 2.48. The van der Waals surface area contributed by atoms with Gasteiger partial charge in [0, 0.05) is 11.6 Å². The van der Waals surface area contributed by atoms with Crippen LogP contribution < -0.4 is 5.56 Å². The predicted molar refractivity (Wildman–Crippen MR) is 57.9 cm³/mol. The third kappa shape index (κ3) is 1.88. The number of nitrogens with one attached hydrogen (secondary N) is 1. The van der Waals surface area contributed by atoms with Crippen molar-refractivity contribution in [1.29, 1.82) is 0 Å². The fourth-order valence-corrected chi connectivity index (χ4v) is 1.74. The Morgan fingerprint density at radius 2 is 1.94 bits per heavy atom. The Morgan fingerprint density at radius 3 is 2.56 bits per heavy atom. The van der Waals surface area contributed by atoms with Crippen LogP contribution in [0.3, 0.4) is 0 Å². The lowest BCUT2D eigenvalue weighted by molar-refractivity contribution is 0.504. The van der Waals surface area contributed by atoms with Crippen molar-refractivity contribution in [1.82, 2.24) is 10.2 Å². The Kier molecular flexibility index (Phi) is 2.82. The maximum Gasteiger partial charge on any atom is 0.264 e. The molecule has 0 amide bonds. The number of hydrogen-bond donors (Lipinski definition) is 1. The first-order valence-corrected chi connectivity index (χ1v) is 5.08. The van der Waals surface area contributed by atoms with E-state index < -0.39 is 11.6 Å². The van der Waals surface area contributed by atoms with Crippen LogP contribution in [0, 0.1) is 11.6 Å². The lowest BCUT2D eigenvalue weighted by atomic mass is 10.1. The highest BCUT2D eigenvalue weighted by Gasteiger charge is 2.13. The molecule has 0 radical (unpaired) electrons. The molecule has 0 aliphatic carbocycles. The first-order chi connectivity index (χ1) is 7.59. The molecule has 0 saturated heterocycles. The van der Waals surface area contributed by atoms with Gasteiger partial charge in [0.1, 0.15) is 0 Å². The van der Waals surface area contributed by atoms with Crippen LogP contribution in [0.5, 0.6) is 0 Å². The Labute approximate surface area is 97.3 Å². The molecule has 1 heterocycles. The van der Waals surface area contributed by atoms with Gasteiger partial charge in [0.15, 0.2) is 11.6 Å². The molecule has 82 valence electrons. The molecule has 3 nitrogen and oxygen atoms in total. The molecule has 1 aromatic carbocycles. The van der Waals surface area contributed by atoms with Gasteiger partial charge in [-0.3, -0.25) is 4.79 Å². The van der Waals surface area contributed by atoms with Gasteiger partial charge in [-0.05, 0) is 34.1 Å². The molecule has 0 spiro atoms. The minimum absolute atomic E-state index is 0.0213. The maximum absolute atomic E-state index is 13.2. The lowest BCUT2D eigenvalue weighted by Gasteiger charge is -2.04. The normalized spacial score (nSPS) is 10.4. The van der Waals surface area contributed by atoms with Crippen LogP contribution in [0.15, 0.2) is 33.5 Å². The molecular formula is C10H5BrF2N2O. The van der Waals surface area contributed by atoms with Crippen LogP contribution in [0.4, 0.5) is 8.78 Å². The third-order valence-corrected chi connectivity index (χ3v) is 2.77. The number of hydrogen-bond acceptors (Lipinski definition) is 2. The molecule has 0 fully saturated rings. The average molecular weight is 287 g/mol. The van der Waals surface area contributed by atoms with Gasteiger partial charge in [-0.15, -0.1) is 0 Å². The van der Waals surface area contributed by atoms with E-state index in [4.69, 9.17) is 0 Å². The highest BCUT2D eigenvalue weighted by atomic mass is 79.9. The van der Waals surface area contributed by atoms with E-state index in [1.807, 2.05) is 0 Å². The summed E-state index contributed by atoms with van der Waals surface area (Å²) in [5.41, 5.74) is 0.364. The molecule has 0 aliphatic heterocycles. The third-order valence-electron chi connectivity index (χ3n) is 1.99. The molecule has 0 aliphatic rings. The average Bonchev–Trinajstić information content (AvgIpc) is 2.28. The summed E-state index contributed by atoms with van der Waals surface area (Å²) in [5.74, 6) is -1.93.